The molecule has 1 fully saturated rings. The zero-order chi connectivity index (χ0) is 30.4. The van der Waals surface area contributed by atoms with Crippen LogP contribution in [0.4, 0.5) is 11.4 Å². The number of carbonyl (C=O) groups is 4. The number of imide groups is 1. The van der Waals surface area contributed by atoms with Gasteiger partial charge >= 0.3 is 5.97 Å². The highest BCUT2D eigenvalue weighted by Crippen LogP contribution is 2.61. The van der Waals surface area contributed by atoms with Crippen LogP contribution in [0.3, 0.4) is 0 Å². The Hall–Kier alpha value is -4.86. The molecule has 220 valence electrons. The Kier molecular flexibility index (Phi) is 7.29. The summed E-state index contributed by atoms with van der Waals surface area (Å²) < 4.78 is 5.36. The van der Waals surface area contributed by atoms with E-state index in [1.165, 1.54) is 18.2 Å². The molecule has 0 aromatic heterocycles. The number of ether oxygens (including phenoxy) is 1. The van der Waals surface area contributed by atoms with Gasteiger partial charge in [0.05, 0.1) is 16.8 Å². The largest absolute Gasteiger partial charge is 0.454 e. The highest BCUT2D eigenvalue weighted by Gasteiger charge is 2.63. The van der Waals surface area contributed by atoms with E-state index >= 15 is 0 Å². The number of anilines is 1. The van der Waals surface area contributed by atoms with Gasteiger partial charge in [-0.05, 0) is 41.7 Å². The molecule has 0 spiro atoms. The minimum absolute atomic E-state index is 0.153. The van der Waals surface area contributed by atoms with Crippen molar-refractivity contribution in [3.63, 3.8) is 0 Å². The van der Waals surface area contributed by atoms with Gasteiger partial charge in [0.2, 0.25) is 11.8 Å². The predicted octanol–water partition coefficient (Wildman–Crippen LogP) is 4.84. The van der Waals surface area contributed by atoms with Crippen molar-refractivity contribution in [2.45, 2.75) is 51.0 Å². The summed E-state index contributed by atoms with van der Waals surface area (Å²) >= 11 is 0. The molecular formula is C33H31N3O7. The van der Waals surface area contributed by atoms with Gasteiger partial charge in [-0.25, -0.2) is 4.79 Å². The van der Waals surface area contributed by atoms with Crippen LogP contribution in [0.5, 0.6) is 0 Å². The molecule has 7 rings (SSSR count). The Morgan fingerprint density at radius 1 is 0.930 bits per heavy atom. The van der Waals surface area contributed by atoms with Crippen LogP contribution < -0.4 is 5.32 Å². The van der Waals surface area contributed by atoms with Crippen LogP contribution in [0.25, 0.3) is 0 Å². The summed E-state index contributed by atoms with van der Waals surface area (Å²) in [5.74, 6) is -4.14. The number of aryl methyl sites for hydroxylation is 1. The lowest BCUT2D eigenvalue weighted by molar-refractivity contribution is -0.385. The van der Waals surface area contributed by atoms with E-state index in [0.717, 1.165) is 33.6 Å². The Morgan fingerprint density at radius 2 is 1.47 bits per heavy atom. The van der Waals surface area contributed by atoms with E-state index in [1.54, 1.807) is 6.92 Å². The summed E-state index contributed by atoms with van der Waals surface area (Å²) in [6.07, 6.45) is 1.51. The summed E-state index contributed by atoms with van der Waals surface area (Å²) in [5, 5.41) is 13.7. The van der Waals surface area contributed by atoms with Gasteiger partial charge in [-0.15, -0.1) is 0 Å². The minimum atomic E-state index is -1.16. The zero-order valence-corrected chi connectivity index (χ0v) is 23.8. The number of hydrogen-bond acceptors (Lipinski definition) is 7. The second-order valence-corrected chi connectivity index (χ2v) is 11.4. The topological polar surface area (TPSA) is 136 Å². The van der Waals surface area contributed by atoms with Crippen molar-refractivity contribution in [1.29, 1.82) is 0 Å². The molecule has 1 N–H and O–H groups in total. The van der Waals surface area contributed by atoms with Gasteiger partial charge in [-0.2, -0.15) is 0 Å². The van der Waals surface area contributed by atoms with Crippen molar-refractivity contribution in [1.82, 2.24) is 4.90 Å². The summed E-state index contributed by atoms with van der Waals surface area (Å²) in [4.78, 5) is 66.1. The maximum atomic E-state index is 14.1. The molecule has 10 nitrogen and oxygen atoms in total. The summed E-state index contributed by atoms with van der Waals surface area (Å²) in [6.45, 7) is 2.85. The zero-order valence-electron chi connectivity index (χ0n) is 23.8. The molecule has 43 heavy (non-hydrogen) atoms. The molecule has 3 aliphatic carbocycles. The maximum Gasteiger partial charge on any atom is 0.329 e. The first-order chi connectivity index (χ1) is 20.7. The van der Waals surface area contributed by atoms with Crippen molar-refractivity contribution in [2.24, 2.45) is 11.8 Å². The average molecular weight is 582 g/mol. The number of unbranched alkanes of at least 4 members (excludes halogenated alkanes) is 1. The molecule has 0 radical (unpaired) electrons. The van der Waals surface area contributed by atoms with Gasteiger partial charge in [0.25, 0.3) is 11.6 Å². The van der Waals surface area contributed by atoms with E-state index in [-0.39, 0.29) is 41.4 Å². The standard InChI is InChI=1S/C33H31N3O7/c1-3-4-13-24(33(40)43-17-26(37)34-19-15-14-18(2)25(16-19)36(41)42)35-31(38)29-27-20-9-5-6-10-21(20)28(30(29)32(35)39)23-12-8-7-11-22(23)27/h5-12,14-16,24,27-30H,3-4,13,17H2,1-2H3,(H,34,37)/t24-,27?,28?,29-,30+/m0/s1. The van der Waals surface area contributed by atoms with E-state index in [4.69, 9.17) is 4.74 Å². The van der Waals surface area contributed by atoms with Gasteiger partial charge in [0.15, 0.2) is 6.61 Å². The predicted molar refractivity (Wildman–Crippen MR) is 156 cm³/mol. The molecule has 0 unspecified atom stereocenters. The number of nitrogens with one attached hydrogen (secondary N) is 1. The van der Waals surface area contributed by atoms with E-state index in [1.807, 2.05) is 55.5 Å². The fourth-order valence-corrected chi connectivity index (χ4v) is 7.07. The number of hydrogen-bond donors (Lipinski definition) is 1. The monoisotopic (exact) mass is 581 g/mol. The van der Waals surface area contributed by atoms with E-state index in [9.17, 15) is 29.3 Å². The molecule has 1 heterocycles. The van der Waals surface area contributed by atoms with Crippen molar-refractivity contribution < 1.29 is 28.8 Å². The minimum Gasteiger partial charge on any atom is -0.454 e. The molecule has 0 saturated carbocycles. The van der Waals surface area contributed by atoms with Gasteiger partial charge < -0.3 is 10.1 Å². The summed E-state index contributed by atoms with van der Waals surface area (Å²) in [7, 11) is 0. The quantitative estimate of drug-likeness (QED) is 0.165. The third-order valence-electron chi connectivity index (χ3n) is 8.93. The number of nitrogens with zero attached hydrogens (tertiary/aromatic N) is 2. The molecule has 3 aromatic rings. The smallest absolute Gasteiger partial charge is 0.329 e. The van der Waals surface area contributed by atoms with Crippen molar-refractivity contribution in [2.75, 3.05) is 11.9 Å². The van der Waals surface area contributed by atoms with Crippen LogP contribution in [-0.2, 0) is 23.9 Å². The highest BCUT2D eigenvalue weighted by molar-refractivity contribution is 6.10. The number of amides is 3. The first-order valence-corrected chi connectivity index (χ1v) is 14.5. The number of esters is 1. The lowest BCUT2D eigenvalue weighted by atomic mass is 9.55. The highest BCUT2D eigenvalue weighted by atomic mass is 16.6. The average Bonchev–Trinajstić information content (AvgIpc) is 3.27. The first kappa shape index (κ1) is 28.3. The van der Waals surface area contributed by atoms with Crippen LogP contribution >= 0.6 is 0 Å². The molecule has 1 saturated heterocycles. The molecule has 1 aliphatic heterocycles. The number of nitro groups is 1. The van der Waals surface area contributed by atoms with Gasteiger partial charge in [-0.1, -0.05) is 74.4 Å². The number of benzene rings is 3. The fourth-order valence-electron chi connectivity index (χ4n) is 7.07. The van der Waals surface area contributed by atoms with Crippen LogP contribution in [0, 0.1) is 28.9 Å². The van der Waals surface area contributed by atoms with E-state index in [0.29, 0.717) is 12.0 Å². The van der Waals surface area contributed by atoms with Gasteiger partial charge in [0.1, 0.15) is 6.04 Å². The second-order valence-electron chi connectivity index (χ2n) is 11.4. The first-order valence-electron chi connectivity index (χ1n) is 14.5. The molecule has 2 bridgehead atoms. The molecule has 3 atom stereocenters. The van der Waals surface area contributed by atoms with Crippen LogP contribution in [-0.4, -0.2) is 46.2 Å². The van der Waals surface area contributed by atoms with Crippen molar-refractivity contribution in [3.8, 4) is 0 Å². The van der Waals surface area contributed by atoms with Gasteiger partial charge in [0, 0.05) is 29.2 Å². The fraction of sp³-hybridized carbons (Fsp3) is 0.333. The SMILES string of the molecule is CCCC[C@@H](C(=O)OCC(=O)Nc1ccc(C)c([N+](=O)[O-])c1)N1C(=O)[C@@H]2C3c4ccccc4C(c4ccccc43)[C@@H]2C1=O. The molecule has 3 amide bonds. The van der Waals surface area contributed by atoms with Crippen molar-refractivity contribution in [3.05, 3.63) is 105 Å². The Labute approximate surface area is 248 Å². The maximum absolute atomic E-state index is 14.1. The number of rotatable bonds is 9. The number of likely N-dealkylation sites (tertiary alicyclic amines) is 1. The van der Waals surface area contributed by atoms with Crippen molar-refractivity contribution >= 4 is 35.1 Å². The Bertz CT molecular complexity index is 1550. The van der Waals surface area contributed by atoms with Gasteiger partial charge in [-0.3, -0.25) is 29.4 Å². The molecule has 4 aliphatic rings. The summed E-state index contributed by atoms with van der Waals surface area (Å²) in [6, 6.07) is 18.9. The third kappa shape index (κ3) is 4.67. The lowest BCUT2D eigenvalue weighted by Crippen LogP contribution is -2.47. The van der Waals surface area contributed by atoms with E-state index < -0.39 is 41.3 Å². The normalized spacial score (nSPS) is 22.0. The third-order valence-corrected chi connectivity index (χ3v) is 8.93. The number of carbonyl (C=O) groups excluding carboxylic acids is 4. The summed E-state index contributed by atoms with van der Waals surface area (Å²) in [5.41, 5.74) is 4.62. The Morgan fingerprint density at radius 3 is 1.95 bits per heavy atom. The second kappa shape index (κ2) is 11.1. The molecular weight excluding hydrogens is 550 g/mol. The molecule has 3 aromatic carbocycles. The number of nitro benzene ring substituents is 1. The Balaban J connectivity index is 1.23. The molecule has 10 heteroatoms. The van der Waals surface area contributed by atoms with Crippen LogP contribution in [0.2, 0.25) is 0 Å². The van der Waals surface area contributed by atoms with Crippen LogP contribution in [0.15, 0.2) is 66.7 Å². The van der Waals surface area contributed by atoms with E-state index in [2.05, 4.69) is 5.32 Å². The van der Waals surface area contributed by atoms with Crippen LogP contribution in [0.1, 0.15) is 65.8 Å². The lowest BCUT2D eigenvalue weighted by Gasteiger charge is -2.45.